The monoisotopic (exact) mass is 464 g/mol. The molecule has 1 saturated heterocycles. The van der Waals surface area contributed by atoms with Crippen LogP contribution in [0.3, 0.4) is 0 Å². The van der Waals surface area contributed by atoms with Crippen LogP contribution in [0.25, 0.3) is 5.70 Å². The van der Waals surface area contributed by atoms with Gasteiger partial charge in [0.15, 0.2) is 11.6 Å². The second kappa shape index (κ2) is 12.9. The predicted octanol–water partition coefficient (Wildman–Crippen LogP) is 4.43. The zero-order valence-electron chi connectivity index (χ0n) is 19.8. The molecule has 0 bridgehead atoms. The van der Waals surface area contributed by atoms with E-state index in [0.717, 1.165) is 38.6 Å². The first-order valence-corrected chi connectivity index (χ1v) is 12.2. The summed E-state index contributed by atoms with van der Waals surface area (Å²) in [4.78, 5) is 36.3. The van der Waals surface area contributed by atoms with E-state index >= 15 is 0 Å². The molecule has 2 heterocycles. The molecule has 8 heteroatoms. The zero-order valence-corrected chi connectivity index (χ0v) is 20.6. The highest BCUT2D eigenvalue weighted by Gasteiger charge is 2.32. The van der Waals surface area contributed by atoms with Gasteiger partial charge in [-0.2, -0.15) is 4.98 Å². The number of hydrogen-bond donors (Lipinski definition) is 1. The Morgan fingerprint density at radius 3 is 2.62 bits per heavy atom. The van der Waals surface area contributed by atoms with Crippen LogP contribution in [0.4, 0.5) is 0 Å². The van der Waals surface area contributed by atoms with Crippen molar-refractivity contribution in [3.63, 3.8) is 0 Å². The Bertz CT molecular complexity index is 827. The Balaban J connectivity index is 0.00000176. The summed E-state index contributed by atoms with van der Waals surface area (Å²) in [5.74, 6) is -0.281. The Morgan fingerprint density at radius 2 is 2.00 bits per heavy atom. The van der Waals surface area contributed by atoms with Crippen LogP contribution in [-0.4, -0.2) is 52.7 Å². The van der Waals surface area contributed by atoms with Crippen molar-refractivity contribution in [1.82, 2.24) is 14.9 Å². The van der Waals surface area contributed by atoms with Gasteiger partial charge in [-0.1, -0.05) is 45.2 Å². The summed E-state index contributed by atoms with van der Waals surface area (Å²) >= 11 is 6.19. The average molecular weight is 465 g/mol. The maximum absolute atomic E-state index is 13.1. The fraction of sp³-hybridized carbons (Fsp3) is 0.667. The molecule has 3 rings (SSSR count). The van der Waals surface area contributed by atoms with Gasteiger partial charge in [-0.05, 0) is 45.7 Å². The van der Waals surface area contributed by atoms with Crippen LogP contribution in [0.5, 0.6) is 5.88 Å². The Hall–Kier alpha value is -1.99. The van der Waals surface area contributed by atoms with E-state index in [-0.39, 0.29) is 28.2 Å². The van der Waals surface area contributed by atoms with Crippen LogP contribution >= 0.6 is 11.6 Å². The van der Waals surface area contributed by atoms with Gasteiger partial charge in [-0.25, -0.2) is 4.98 Å². The molecule has 32 heavy (non-hydrogen) atoms. The fourth-order valence-electron chi connectivity index (χ4n) is 4.21. The lowest BCUT2D eigenvalue weighted by Gasteiger charge is -2.21. The van der Waals surface area contributed by atoms with Gasteiger partial charge < -0.3 is 15.4 Å². The molecule has 1 aromatic heterocycles. The molecule has 0 spiro atoms. The first-order valence-electron chi connectivity index (χ1n) is 11.8. The number of hydrogen-bond acceptors (Lipinski definition) is 7. The minimum Gasteiger partial charge on any atom is -0.476 e. The maximum Gasteiger partial charge on any atom is 0.218 e. The van der Waals surface area contributed by atoms with Crippen LogP contribution in [0.15, 0.2) is 11.6 Å². The number of likely N-dealkylation sites (N-methyl/N-ethyl adjacent to an activating group) is 1. The number of rotatable bonds is 8. The van der Waals surface area contributed by atoms with Crippen molar-refractivity contribution in [2.45, 2.75) is 78.2 Å². The molecule has 0 unspecified atom stereocenters. The van der Waals surface area contributed by atoms with Crippen LogP contribution in [0.1, 0.15) is 78.0 Å². The van der Waals surface area contributed by atoms with E-state index in [2.05, 4.69) is 21.9 Å². The number of likely N-dealkylation sites (tertiary alicyclic amines) is 1. The number of nitrogens with zero attached hydrogens (tertiary/aromatic N) is 3. The van der Waals surface area contributed by atoms with Crippen molar-refractivity contribution in [2.24, 2.45) is 11.7 Å². The van der Waals surface area contributed by atoms with E-state index in [1.807, 2.05) is 20.8 Å². The first kappa shape index (κ1) is 26.3. The molecule has 1 saturated carbocycles. The van der Waals surface area contributed by atoms with E-state index < -0.39 is 5.92 Å². The summed E-state index contributed by atoms with van der Waals surface area (Å²) in [6, 6.07) is 1.89. The highest BCUT2D eigenvalue weighted by molar-refractivity contribution is 6.29. The molecular weight excluding hydrogens is 428 g/mol. The van der Waals surface area contributed by atoms with Gasteiger partial charge in [0.2, 0.25) is 5.88 Å². The molecule has 2 atom stereocenters. The van der Waals surface area contributed by atoms with Gasteiger partial charge in [0.25, 0.3) is 0 Å². The molecule has 178 valence electrons. The summed E-state index contributed by atoms with van der Waals surface area (Å²) in [5, 5.41) is 0.203. The van der Waals surface area contributed by atoms with Crippen molar-refractivity contribution in [1.29, 1.82) is 0 Å². The lowest BCUT2D eigenvalue weighted by Crippen LogP contribution is -2.31. The number of ketones is 2. The summed E-state index contributed by atoms with van der Waals surface area (Å²) in [6.07, 6.45) is 6.18. The van der Waals surface area contributed by atoms with Crippen LogP contribution in [-0.2, 0) is 9.59 Å². The SMILES string of the molecule is CC.CCC/C(C(=O)[C@H]1CCCCC1=O)=C(/N)c1nc(Cl)cc(OC[C@@H]2CCCN2C)n1. The Kier molecular flexibility index (Phi) is 10.6. The molecular formula is C24H37ClN4O3. The Labute approximate surface area is 196 Å². The highest BCUT2D eigenvalue weighted by atomic mass is 35.5. The van der Waals surface area contributed by atoms with Gasteiger partial charge in [0, 0.05) is 24.1 Å². The standard InChI is InChI=1S/C22H31ClN4O3.C2H6/c1-3-7-16(21(29)15-9-4-5-10-17(15)28)20(24)22-25-18(23)12-19(26-22)30-13-14-8-6-11-27(14)2;1-2/h12,14-15H,3-11,13,24H2,1-2H3;1-2H3/b20-16-;/t14-,15-;/m0./s1. The van der Waals surface area contributed by atoms with Gasteiger partial charge in [-0.3, -0.25) is 9.59 Å². The summed E-state index contributed by atoms with van der Waals surface area (Å²) in [7, 11) is 2.08. The van der Waals surface area contributed by atoms with Gasteiger partial charge in [0.1, 0.15) is 17.5 Å². The van der Waals surface area contributed by atoms with E-state index in [0.29, 0.717) is 43.4 Å². The lowest BCUT2D eigenvalue weighted by atomic mass is 9.81. The molecule has 1 aliphatic carbocycles. The molecule has 0 aromatic carbocycles. The lowest BCUT2D eigenvalue weighted by molar-refractivity contribution is -0.132. The number of halogens is 1. The van der Waals surface area contributed by atoms with Gasteiger partial charge >= 0.3 is 0 Å². The molecule has 1 aromatic rings. The number of aromatic nitrogens is 2. The normalized spacial score (nSPS) is 22.1. The van der Waals surface area contributed by atoms with E-state index in [4.69, 9.17) is 22.1 Å². The quantitative estimate of drug-likeness (QED) is 0.345. The van der Waals surface area contributed by atoms with Crippen molar-refractivity contribution >= 4 is 28.9 Å². The van der Waals surface area contributed by atoms with Crippen LogP contribution < -0.4 is 10.5 Å². The number of nitrogens with two attached hydrogens (primary N) is 1. The van der Waals surface area contributed by atoms with Crippen molar-refractivity contribution in [3.8, 4) is 5.88 Å². The van der Waals surface area contributed by atoms with E-state index in [9.17, 15) is 9.59 Å². The predicted molar refractivity (Wildman–Crippen MR) is 128 cm³/mol. The third kappa shape index (κ3) is 6.75. The van der Waals surface area contributed by atoms with Crippen LogP contribution in [0.2, 0.25) is 5.15 Å². The van der Waals surface area contributed by atoms with Crippen molar-refractivity contribution in [3.05, 3.63) is 22.6 Å². The van der Waals surface area contributed by atoms with Crippen LogP contribution in [0, 0.1) is 5.92 Å². The molecule has 2 aliphatic rings. The van der Waals surface area contributed by atoms with E-state index in [1.54, 1.807) is 6.07 Å². The van der Waals surface area contributed by atoms with Gasteiger partial charge in [-0.15, -0.1) is 0 Å². The van der Waals surface area contributed by atoms with Gasteiger partial charge in [0.05, 0.1) is 11.6 Å². The highest BCUT2D eigenvalue weighted by Crippen LogP contribution is 2.28. The van der Waals surface area contributed by atoms with Crippen molar-refractivity contribution in [2.75, 3.05) is 20.2 Å². The maximum atomic E-state index is 13.1. The molecule has 1 aliphatic heterocycles. The second-order valence-corrected chi connectivity index (χ2v) is 8.60. The fourth-order valence-corrected chi connectivity index (χ4v) is 4.38. The molecule has 2 fully saturated rings. The number of carbonyl (C=O) groups excluding carboxylic acids is 2. The summed E-state index contributed by atoms with van der Waals surface area (Å²) in [6.45, 7) is 7.53. The molecule has 7 nitrogen and oxygen atoms in total. The smallest absolute Gasteiger partial charge is 0.218 e. The minimum atomic E-state index is -0.605. The topological polar surface area (TPSA) is 98.4 Å². The molecule has 0 radical (unpaired) electrons. The zero-order chi connectivity index (χ0) is 23.7. The molecule has 2 N–H and O–H groups in total. The largest absolute Gasteiger partial charge is 0.476 e. The average Bonchev–Trinajstić information content (AvgIpc) is 3.21. The number of ether oxygens (including phenoxy) is 1. The molecule has 0 amide bonds. The van der Waals surface area contributed by atoms with Crippen molar-refractivity contribution < 1.29 is 14.3 Å². The first-order chi connectivity index (χ1) is 15.4. The summed E-state index contributed by atoms with van der Waals surface area (Å²) in [5.41, 5.74) is 6.96. The minimum absolute atomic E-state index is 0.00405. The summed E-state index contributed by atoms with van der Waals surface area (Å²) < 4.78 is 5.87. The number of carbonyl (C=O) groups is 2. The number of Topliss-reactive ketones (excluding diaryl/α,β-unsaturated/α-hetero) is 2. The number of allylic oxidation sites excluding steroid dienone is 1. The van der Waals surface area contributed by atoms with E-state index in [1.165, 1.54) is 0 Å². The second-order valence-electron chi connectivity index (χ2n) is 8.21. The third-order valence-electron chi connectivity index (χ3n) is 6.00. The Morgan fingerprint density at radius 1 is 1.25 bits per heavy atom. The third-order valence-corrected chi connectivity index (χ3v) is 6.19.